The highest BCUT2D eigenvalue weighted by atomic mass is 32.2. The SMILES string of the molecule is CSCC[C@H](NC(=O)c1cccc2c1CCCC2NC(=O)[C@@H](N)CS)C(=O)O. The van der Waals surface area contributed by atoms with Crippen LogP contribution in [0.25, 0.3) is 0 Å². The quantitative estimate of drug-likeness (QED) is 0.381. The monoisotopic (exact) mass is 425 g/mol. The van der Waals surface area contributed by atoms with E-state index in [1.165, 1.54) is 11.8 Å². The van der Waals surface area contributed by atoms with Crippen molar-refractivity contribution in [3.8, 4) is 0 Å². The molecule has 0 aliphatic heterocycles. The molecule has 3 atom stereocenters. The van der Waals surface area contributed by atoms with Crippen molar-refractivity contribution in [2.45, 2.75) is 43.8 Å². The zero-order valence-corrected chi connectivity index (χ0v) is 17.5. The van der Waals surface area contributed by atoms with Crippen molar-refractivity contribution >= 4 is 42.2 Å². The molecule has 0 saturated carbocycles. The van der Waals surface area contributed by atoms with E-state index in [1.807, 2.05) is 12.3 Å². The lowest BCUT2D eigenvalue weighted by molar-refractivity contribution is -0.139. The average Bonchev–Trinajstić information content (AvgIpc) is 2.69. The summed E-state index contributed by atoms with van der Waals surface area (Å²) in [5.41, 5.74) is 7.94. The van der Waals surface area contributed by atoms with Gasteiger partial charge in [0.1, 0.15) is 6.04 Å². The van der Waals surface area contributed by atoms with Crippen molar-refractivity contribution in [2.75, 3.05) is 17.8 Å². The number of thiol groups is 1. The first-order chi connectivity index (χ1) is 13.4. The highest BCUT2D eigenvalue weighted by molar-refractivity contribution is 7.98. The van der Waals surface area contributed by atoms with Gasteiger partial charge < -0.3 is 21.5 Å². The maximum absolute atomic E-state index is 12.8. The van der Waals surface area contributed by atoms with Crippen LogP contribution in [0.15, 0.2) is 18.2 Å². The lowest BCUT2D eigenvalue weighted by Crippen LogP contribution is -2.44. The number of nitrogens with one attached hydrogen (secondary N) is 2. The van der Waals surface area contributed by atoms with E-state index < -0.39 is 24.0 Å². The van der Waals surface area contributed by atoms with Gasteiger partial charge >= 0.3 is 5.97 Å². The van der Waals surface area contributed by atoms with Gasteiger partial charge in [-0.1, -0.05) is 12.1 Å². The molecule has 0 fully saturated rings. The maximum Gasteiger partial charge on any atom is 0.326 e. The molecule has 0 radical (unpaired) electrons. The summed E-state index contributed by atoms with van der Waals surface area (Å²) in [5.74, 6) is -0.822. The number of fused-ring (bicyclic) bond motifs is 1. The van der Waals surface area contributed by atoms with Crippen LogP contribution in [0, 0.1) is 0 Å². The molecule has 5 N–H and O–H groups in total. The molecule has 1 aliphatic rings. The predicted molar refractivity (Wildman–Crippen MR) is 114 cm³/mol. The predicted octanol–water partition coefficient (Wildman–Crippen LogP) is 1.37. The van der Waals surface area contributed by atoms with Crippen LogP contribution in [0.4, 0.5) is 0 Å². The Morgan fingerprint density at radius 2 is 2.14 bits per heavy atom. The molecule has 0 spiro atoms. The Bertz CT molecular complexity index is 729. The van der Waals surface area contributed by atoms with Crippen molar-refractivity contribution < 1.29 is 19.5 Å². The molecule has 2 rings (SSSR count). The normalized spacial score (nSPS) is 17.9. The minimum atomic E-state index is -1.04. The second-order valence-electron chi connectivity index (χ2n) is 6.76. The Kier molecular flexibility index (Phi) is 8.65. The molecule has 9 heteroatoms. The first kappa shape index (κ1) is 22.6. The largest absolute Gasteiger partial charge is 0.480 e. The topological polar surface area (TPSA) is 122 Å². The molecule has 0 bridgehead atoms. The van der Waals surface area contributed by atoms with Gasteiger partial charge in [-0.25, -0.2) is 4.79 Å². The summed E-state index contributed by atoms with van der Waals surface area (Å²) in [6.07, 6.45) is 4.52. The molecule has 154 valence electrons. The Morgan fingerprint density at radius 1 is 1.39 bits per heavy atom. The Labute approximate surface area is 174 Å². The van der Waals surface area contributed by atoms with Crippen molar-refractivity contribution in [1.29, 1.82) is 0 Å². The summed E-state index contributed by atoms with van der Waals surface area (Å²) in [4.78, 5) is 36.4. The van der Waals surface area contributed by atoms with Gasteiger partial charge in [0.25, 0.3) is 5.91 Å². The second kappa shape index (κ2) is 10.7. The van der Waals surface area contributed by atoms with Crippen LogP contribution in [-0.2, 0) is 16.0 Å². The van der Waals surface area contributed by atoms with Crippen LogP contribution in [0.2, 0.25) is 0 Å². The Morgan fingerprint density at radius 3 is 2.79 bits per heavy atom. The molecule has 0 heterocycles. The molecule has 0 aromatic heterocycles. The minimum absolute atomic E-state index is 0.221. The molecule has 2 amide bonds. The van der Waals surface area contributed by atoms with Gasteiger partial charge in [-0.15, -0.1) is 0 Å². The van der Waals surface area contributed by atoms with E-state index in [-0.39, 0.29) is 17.7 Å². The number of rotatable bonds is 9. The fourth-order valence-corrected chi connectivity index (χ4v) is 3.94. The number of carboxylic acid groups (broad SMARTS) is 1. The van der Waals surface area contributed by atoms with E-state index in [2.05, 4.69) is 23.3 Å². The van der Waals surface area contributed by atoms with Gasteiger partial charge in [-0.2, -0.15) is 24.4 Å². The highest BCUT2D eigenvalue weighted by Crippen LogP contribution is 2.32. The third-order valence-electron chi connectivity index (χ3n) is 4.82. The van der Waals surface area contributed by atoms with Crippen molar-refractivity contribution in [3.05, 3.63) is 34.9 Å². The molecule has 28 heavy (non-hydrogen) atoms. The van der Waals surface area contributed by atoms with E-state index >= 15 is 0 Å². The number of amides is 2. The number of thioether (sulfide) groups is 1. The van der Waals surface area contributed by atoms with Crippen LogP contribution in [0.5, 0.6) is 0 Å². The lowest BCUT2D eigenvalue weighted by atomic mass is 9.84. The third kappa shape index (κ3) is 5.65. The van der Waals surface area contributed by atoms with Gasteiger partial charge in [0.2, 0.25) is 5.91 Å². The van der Waals surface area contributed by atoms with Crippen LogP contribution in [-0.4, -0.2) is 52.7 Å². The summed E-state index contributed by atoms with van der Waals surface area (Å²) in [5, 5.41) is 14.9. The molecule has 1 unspecified atom stereocenters. The molecule has 7 nitrogen and oxygen atoms in total. The zero-order chi connectivity index (χ0) is 20.7. The first-order valence-electron chi connectivity index (χ1n) is 9.20. The van der Waals surface area contributed by atoms with Crippen LogP contribution >= 0.6 is 24.4 Å². The number of carbonyl (C=O) groups is 3. The average molecular weight is 426 g/mol. The van der Waals surface area contributed by atoms with E-state index in [9.17, 15) is 19.5 Å². The molecule has 0 saturated heterocycles. The van der Waals surface area contributed by atoms with Crippen molar-refractivity contribution in [1.82, 2.24) is 10.6 Å². The fourth-order valence-electron chi connectivity index (χ4n) is 3.30. The summed E-state index contributed by atoms with van der Waals surface area (Å²) >= 11 is 5.59. The second-order valence-corrected chi connectivity index (χ2v) is 8.11. The standard InChI is InChI=1S/C19H27N3O4S2/c1-28-9-8-16(19(25)26)22-17(23)13-6-2-5-12-11(13)4-3-7-15(12)21-18(24)14(20)10-27/h2,5-6,14-16,27H,3-4,7-10,20H2,1H3,(H,21,24)(H,22,23)(H,25,26)/t14-,15?,16-/m0/s1. The number of carboxylic acids is 1. The summed E-state index contributed by atoms with van der Waals surface area (Å²) in [6, 6.07) is 3.52. The minimum Gasteiger partial charge on any atom is -0.480 e. The third-order valence-corrected chi connectivity index (χ3v) is 5.85. The number of benzene rings is 1. The van der Waals surface area contributed by atoms with Gasteiger partial charge in [0.15, 0.2) is 0 Å². The van der Waals surface area contributed by atoms with Crippen molar-refractivity contribution in [2.24, 2.45) is 5.73 Å². The van der Waals surface area contributed by atoms with Gasteiger partial charge in [-0.05, 0) is 54.9 Å². The van der Waals surface area contributed by atoms with Gasteiger partial charge in [0, 0.05) is 11.3 Å². The van der Waals surface area contributed by atoms with E-state index in [1.54, 1.807) is 12.1 Å². The number of aliphatic carboxylic acids is 1. The number of carbonyl (C=O) groups excluding carboxylic acids is 2. The van der Waals surface area contributed by atoms with Crippen LogP contribution in [0.3, 0.4) is 0 Å². The molecular formula is C19H27N3O4S2. The number of hydrogen-bond donors (Lipinski definition) is 5. The molecule has 1 aliphatic carbocycles. The fraction of sp³-hybridized carbons (Fsp3) is 0.526. The van der Waals surface area contributed by atoms with Crippen molar-refractivity contribution in [3.63, 3.8) is 0 Å². The van der Waals surface area contributed by atoms with E-state index in [0.29, 0.717) is 24.2 Å². The summed E-state index contributed by atoms with van der Waals surface area (Å²) in [6.45, 7) is 0. The Hall–Kier alpha value is -1.71. The first-order valence-corrected chi connectivity index (χ1v) is 11.2. The summed E-state index contributed by atoms with van der Waals surface area (Å²) < 4.78 is 0. The number of hydrogen-bond acceptors (Lipinski definition) is 6. The molecule has 1 aromatic carbocycles. The maximum atomic E-state index is 12.8. The summed E-state index contributed by atoms with van der Waals surface area (Å²) in [7, 11) is 0. The Balaban J connectivity index is 2.21. The molecule has 1 aromatic rings. The lowest BCUT2D eigenvalue weighted by Gasteiger charge is -2.29. The molecular weight excluding hydrogens is 398 g/mol. The smallest absolute Gasteiger partial charge is 0.326 e. The van der Waals surface area contributed by atoms with Gasteiger partial charge in [0.05, 0.1) is 12.1 Å². The van der Waals surface area contributed by atoms with Crippen LogP contribution in [0.1, 0.15) is 46.8 Å². The number of nitrogens with two attached hydrogens (primary N) is 1. The van der Waals surface area contributed by atoms with E-state index in [0.717, 1.165) is 24.0 Å². The highest BCUT2D eigenvalue weighted by Gasteiger charge is 2.28. The van der Waals surface area contributed by atoms with Crippen LogP contribution < -0.4 is 16.4 Å². The zero-order valence-electron chi connectivity index (χ0n) is 15.8. The van der Waals surface area contributed by atoms with E-state index in [4.69, 9.17) is 5.73 Å². The van der Waals surface area contributed by atoms with Gasteiger partial charge in [-0.3, -0.25) is 9.59 Å².